The molecule has 0 radical (unpaired) electrons. The SMILES string of the molecule is Cc1nn(C)c(C)c1C(=O)Nc1ccn(Cc2ccccc2F)n1. The number of aryl methyl sites for hydroxylation is 2. The maximum Gasteiger partial charge on any atom is 0.260 e. The van der Waals surface area contributed by atoms with E-state index in [9.17, 15) is 9.18 Å². The number of carbonyl (C=O) groups excluding carboxylic acids is 1. The van der Waals surface area contributed by atoms with Crippen molar-refractivity contribution < 1.29 is 9.18 Å². The third-order valence-corrected chi connectivity index (χ3v) is 3.91. The van der Waals surface area contributed by atoms with Crippen molar-refractivity contribution in [1.82, 2.24) is 19.6 Å². The highest BCUT2D eigenvalue weighted by atomic mass is 19.1. The molecule has 0 atom stereocenters. The molecule has 3 aromatic rings. The average Bonchev–Trinajstić information content (AvgIpc) is 3.06. The van der Waals surface area contributed by atoms with Crippen LogP contribution in [-0.2, 0) is 13.6 Å². The fourth-order valence-corrected chi connectivity index (χ4v) is 2.60. The van der Waals surface area contributed by atoms with E-state index in [0.29, 0.717) is 29.2 Å². The Morgan fingerprint density at radius 2 is 1.96 bits per heavy atom. The molecule has 7 heteroatoms. The first-order chi connectivity index (χ1) is 11.5. The van der Waals surface area contributed by atoms with E-state index in [2.05, 4.69) is 15.5 Å². The van der Waals surface area contributed by atoms with Crippen molar-refractivity contribution in [2.24, 2.45) is 7.05 Å². The second kappa shape index (κ2) is 6.27. The largest absolute Gasteiger partial charge is 0.305 e. The highest BCUT2D eigenvalue weighted by Gasteiger charge is 2.18. The maximum atomic E-state index is 13.7. The van der Waals surface area contributed by atoms with E-state index >= 15 is 0 Å². The number of rotatable bonds is 4. The molecule has 0 saturated carbocycles. The molecule has 24 heavy (non-hydrogen) atoms. The minimum Gasteiger partial charge on any atom is -0.305 e. The Kier molecular flexibility index (Phi) is 4.16. The molecule has 6 nitrogen and oxygen atoms in total. The predicted molar refractivity (Wildman–Crippen MR) is 88.4 cm³/mol. The Bertz CT molecular complexity index is 896. The molecule has 1 amide bonds. The van der Waals surface area contributed by atoms with Crippen LogP contribution in [-0.4, -0.2) is 25.5 Å². The molecule has 1 N–H and O–H groups in total. The van der Waals surface area contributed by atoms with Crippen LogP contribution in [0.4, 0.5) is 10.2 Å². The Balaban J connectivity index is 1.74. The van der Waals surface area contributed by atoms with Gasteiger partial charge in [-0.3, -0.25) is 14.2 Å². The Morgan fingerprint density at radius 3 is 2.62 bits per heavy atom. The summed E-state index contributed by atoms with van der Waals surface area (Å²) in [5.41, 5.74) is 2.53. The first-order valence-corrected chi connectivity index (χ1v) is 7.54. The van der Waals surface area contributed by atoms with Gasteiger partial charge in [0.25, 0.3) is 5.91 Å². The van der Waals surface area contributed by atoms with Gasteiger partial charge < -0.3 is 5.32 Å². The van der Waals surface area contributed by atoms with E-state index < -0.39 is 0 Å². The van der Waals surface area contributed by atoms with Crippen LogP contribution in [0.25, 0.3) is 0 Å². The van der Waals surface area contributed by atoms with E-state index in [1.165, 1.54) is 6.07 Å². The fourth-order valence-electron chi connectivity index (χ4n) is 2.60. The second-order valence-corrected chi connectivity index (χ2v) is 5.61. The van der Waals surface area contributed by atoms with Gasteiger partial charge in [0.15, 0.2) is 5.82 Å². The molecule has 0 aliphatic carbocycles. The van der Waals surface area contributed by atoms with Crippen LogP contribution in [0.15, 0.2) is 36.5 Å². The van der Waals surface area contributed by atoms with Gasteiger partial charge in [0.1, 0.15) is 5.82 Å². The molecule has 0 bridgehead atoms. The second-order valence-electron chi connectivity index (χ2n) is 5.61. The molecule has 0 fully saturated rings. The summed E-state index contributed by atoms with van der Waals surface area (Å²) in [6, 6.07) is 8.22. The lowest BCUT2D eigenvalue weighted by atomic mass is 10.2. The molecule has 2 heterocycles. The first kappa shape index (κ1) is 15.9. The number of aromatic nitrogens is 4. The van der Waals surface area contributed by atoms with Crippen LogP contribution >= 0.6 is 0 Å². The monoisotopic (exact) mass is 327 g/mol. The third kappa shape index (κ3) is 3.05. The van der Waals surface area contributed by atoms with E-state index in [1.807, 2.05) is 6.92 Å². The Morgan fingerprint density at radius 1 is 1.21 bits per heavy atom. The summed E-state index contributed by atoms with van der Waals surface area (Å²) in [5, 5.41) is 11.3. The highest BCUT2D eigenvalue weighted by Crippen LogP contribution is 2.15. The quantitative estimate of drug-likeness (QED) is 0.801. The number of hydrogen-bond donors (Lipinski definition) is 1. The summed E-state index contributed by atoms with van der Waals surface area (Å²) in [7, 11) is 1.79. The van der Waals surface area contributed by atoms with Crippen molar-refractivity contribution in [1.29, 1.82) is 0 Å². The summed E-state index contributed by atoms with van der Waals surface area (Å²) >= 11 is 0. The van der Waals surface area contributed by atoms with Gasteiger partial charge in [-0.05, 0) is 19.9 Å². The summed E-state index contributed by atoms with van der Waals surface area (Å²) in [4.78, 5) is 12.4. The number of carbonyl (C=O) groups is 1. The van der Waals surface area contributed by atoms with E-state index in [0.717, 1.165) is 5.69 Å². The highest BCUT2D eigenvalue weighted by molar-refractivity contribution is 6.05. The summed E-state index contributed by atoms with van der Waals surface area (Å²) < 4.78 is 16.9. The van der Waals surface area contributed by atoms with E-state index in [-0.39, 0.29) is 11.7 Å². The molecule has 0 aliphatic heterocycles. The van der Waals surface area contributed by atoms with E-state index in [4.69, 9.17) is 0 Å². The van der Waals surface area contributed by atoms with Crippen molar-refractivity contribution in [2.75, 3.05) is 5.32 Å². The number of nitrogens with one attached hydrogen (secondary N) is 1. The molecule has 0 unspecified atom stereocenters. The molecule has 1 aromatic carbocycles. The standard InChI is InChI=1S/C17H18FN5O/c1-11-16(12(2)22(3)20-11)17(24)19-15-8-9-23(21-15)10-13-6-4-5-7-14(13)18/h4-9H,10H2,1-3H3,(H,19,21,24). The van der Waals surface area contributed by atoms with Crippen molar-refractivity contribution in [3.8, 4) is 0 Å². The third-order valence-electron chi connectivity index (χ3n) is 3.91. The van der Waals surface area contributed by atoms with Gasteiger partial charge in [0.2, 0.25) is 0 Å². The lowest BCUT2D eigenvalue weighted by Crippen LogP contribution is -2.15. The predicted octanol–water partition coefficient (Wildman–Crippen LogP) is 2.67. The molecular weight excluding hydrogens is 309 g/mol. The Hall–Kier alpha value is -2.96. The molecule has 124 valence electrons. The van der Waals surface area contributed by atoms with Gasteiger partial charge in [0.05, 0.1) is 17.8 Å². The minimum atomic E-state index is -0.278. The van der Waals surface area contributed by atoms with Gasteiger partial charge in [-0.25, -0.2) is 4.39 Å². The molecular formula is C17H18FN5O. The summed E-state index contributed by atoms with van der Waals surface area (Å²) in [6.45, 7) is 3.93. The number of halogens is 1. The summed E-state index contributed by atoms with van der Waals surface area (Å²) in [5.74, 6) is -0.117. The number of hydrogen-bond acceptors (Lipinski definition) is 3. The maximum absolute atomic E-state index is 13.7. The van der Waals surface area contributed by atoms with Gasteiger partial charge in [0, 0.05) is 30.6 Å². The number of anilines is 1. The van der Waals surface area contributed by atoms with Gasteiger partial charge in [-0.2, -0.15) is 10.2 Å². The van der Waals surface area contributed by atoms with Crippen molar-refractivity contribution in [3.63, 3.8) is 0 Å². The van der Waals surface area contributed by atoms with Crippen LogP contribution in [0.2, 0.25) is 0 Å². The van der Waals surface area contributed by atoms with Gasteiger partial charge in [-0.15, -0.1) is 0 Å². The Labute approximate surface area is 138 Å². The fraction of sp³-hybridized carbons (Fsp3) is 0.235. The van der Waals surface area contributed by atoms with Crippen LogP contribution < -0.4 is 5.32 Å². The smallest absolute Gasteiger partial charge is 0.260 e. The van der Waals surface area contributed by atoms with Gasteiger partial charge >= 0.3 is 0 Å². The zero-order valence-electron chi connectivity index (χ0n) is 13.7. The summed E-state index contributed by atoms with van der Waals surface area (Å²) in [6.07, 6.45) is 1.70. The number of benzene rings is 1. The lowest BCUT2D eigenvalue weighted by Gasteiger charge is -2.04. The first-order valence-electron chi connectivity index (χ1n) is 7.54. The van der Waals surface area contributed by atoms with Crippen molar-refractivity contribution >= 4 is 11.7 Å². The van der Waals surface area contributed by atoms with Gasteiger partial charge in [-0.1, -0.05) is 18.2 Å². The van der Waals surface area contributed by atoms with Crippen LogP contribution in [0, 0.1) is 19.7 Å². The van der Waals surface area contributed by atoms with Crippen LogP contribution in [0.3, 0.4) is 0 Å². The van der Waals surface area contributed by atoms with E-state index in [1.54, 1.807) is 53.8 Å². The molecule has 0 spiro atoms. The van der Waals surface area contributed by atoms with Crippen LogP contribution in [0.1, 0.15) is 27.3 Å². The number of nitrogens with zero attached hydrogens (tertiary/aromatic N) is 4. The zero-order chi connectivity index (χ0) is 17.3. The topological polar surface area (TPSA) is 64.7 Å². The van der Waals surface area contributed by atoms with Crippen LogP contribution in [0.5, 0.6) is 0 Å². The molecule has 0 saturated heterocycles. The minimum absolute atomic E-state index is 0.255. The number of amides is 1. The normalized spacial score (nSPS) is 10.8. The lowest BCUT2D eigenvalue weighted by molar-refractivity contribution is 0.102. The van der Waals surface area contributed by atoms with Crippen molar-refractivity contribution in [2.45, 2.75) is 20.4 Å². The molecule has 0 aliphatic rings. The molecule has 2 aromatic heterocycles. The average molecular weight is 327 g/mol. The van der Waals surface area contributed by atoms with Crippen molar-refractivity contribution in [3.05, 3.63) is 64.9 Å². The molecule has 3 rings (SSSR count). The zero-order valence-corrected chi connectivity index (χ0v) is 13.7.